The second-order valence-electron chi connectivity index (χ2n) is 4.34. The van der Waals surface area contributed by atoms with Crippen molar-refractivity contribution in [2.45, 2.75) is 31.7 Å². The van der Waals surface area contributed by atoms with Crippen LogP contribution in [0.25, 0.3) is 0 Å². The first-order valence-corrected chi connectivity index (χ1v) is 5.51. The number of rotatable bonds is 5. The van der Waals surface area contributed by atoms with Crippen molar-refractivity contribution in [1.82, 2.24) is 10.2 Å². The molecule has 1 aliphatic carbocycles. The van der Waals surface area contributed by atoms with Crippen LogP contribution in [0.4, 0.5) is 0 Å². The molecule has 0 bridgehead atoms. The molecular formula is C11H21N3. The lowest BCUT2D eigenvalue weighted by Gasteiger charge is -2.22. The third kappa shape index (κ3) is 3.65. The Bertz CT molecular complexity index is 191. The van der Waals surface area contributed by atoms with E-state index in [-0.39, 0.29) is 6.04 Å². The molecule has 1 unspecified atom stereocenters. The fraction of sp³-hybridized carbons (Fsp3) is 0.909. The maximum atomic E-state index is 8.80. The van der Waals surface area contributed by atoms with Crippen LogP contribution in [0.3, 0.4) is 0 Å². The van der Waals surface area contributed by atoms with E-state index in [1.54, 1.807) is 0 Å². The lowest BCUT2D eigenvalue weighted by atomic mass is 10.1. The molecule has 0 spiro atoms. The number of hydrogen-bond acceptors (Lipinski definition) is 3. The molecule has 0 radical (unpaired) electrons. The predicted octanol–water partition coefficient (Wildman–Crippen LogP) is 1.22. The quantitative estimate of drug-likeness (QED) is 0.717. The first-order chi connectivity index (χ1) is 6.76. The van der Waals surface area contributed by atoms with Gasteiger partial charge in [-0.3, -0.25) is 0 Å². The van der Waals surface area contributed by atoms with Crippen molar-refractivity contribution in [3.8, 4) is 6.07 Å². The van der Waals surface area contributed by atoms with E-state index in [1.165, 1.54) is 25.7 Å². The molecule has 1 fully saturated rings. The summed E-state index contributed by atoms with van der Waals surface area (Å²) in [7, 11) is 3.96. The Morgan fingerprint density at radius 3 is 2.64 bits per heavy atom. The van der Waals surface area contributed by atoms with Crippen molar-refractivity contribution in [2.24, 2.45) is 5.92 Å². The van der Waals surface area contributed by atoms with Crippen LogP contribution in [0.2, 0.25) is 0 Å². The maximum absolute atomic E-state index is 8.80. The summed E-state index contributed by atoms with van der Waals surface area (Å²) in [6, 6.07) is 2.23. The van der Waals surface area contributed by atoms with Gasteiger partial charge in [0.15, 0.2) is 0 Å². The summed E-state index contributed by atoms with van der Waals surface area (Å²) < 4.78 is 0. The van der Waals surface area contributed by atoms with Crippen molar-refractivity contribution in [1.29, 1.82) is 5.26 Å². The molecule has 14 heavy (non-hydrogen) atoms. The Labute approximate surface area is 87.1 Å². The van der Waals surface area contributed by atoms with Gasteiger partial charge in [-0.2, -0.15) is 5.26 Å². The smallest absolute Gasteiger partial charge is 0.108 e. The topological polar surface area (TPSA) is 39.1 Å². The van der Waals surface area contributed by atoms with Gasteiger partial charge in [-0.25, -0.2) is 0 Å². The van der Waals surface area contributed by atoms with Gasteiger partial charge in [-0.15, -0.1) is 0 Å². The van der Waals surface area contributed by atoms with Crippen LogP contribution in [-0.4, -0.2) is 38.1 Å². The van der Waals surface area contributed by atoms with Crippen molar-refractivity contribution in [2.75, 3.05) is 27.2 Å². The second kappa shape index (κ2) is 6.00. The van der Waals surface area contributed by atoms with E-state index >= 15 is 0 Å². The van der Waals surface area contributed by atoms with Gasteiger partial charge in [0.1, 0.15) is 6.04 Å². The minimum atomic E-state index is -0.0265. The molecule has 0 heterocycles. The highest BCUT2D eigenvalue weighted by molar-refractivity contribution is 4.90. The molecule has 1 atom stereocenters. The number of nitrogens with zero attached hydrogens (tertiary/aromatic N) is 2. The third-order valence-corrected chi connectivity index (χ3v) is 3.04. The molecule has 1 saturated carbocycles. The largest absolute Gasteiger partial charge is 0.304 e. The Morgan fingerprint density at radius 1 is 1.50 bits per heavy atom. The summed E-state index contributed by atoms with van der Waals surface area (Å²) in [5.41, 5.74) is 0. The van der Waals surface area contributed by atoms with E-state index in [4.69, 9.17) is 5.26 Å². The van der Waals surface area contributed by atoms with Crippen molar-refractivity contribution < 1.29 is 0 Å². The average molecular weight is 195 g/mol. The number of hydrogen-bond donors (Lipinski definition) is 1. The number of nitrogens with one attached hydrogen (secondary N) is 1. The predicted molar refractivity (Wildman–Crippen MR) is 57.9 cm³/mol. The lowest BCUT2D eigenvalue weighted by Crippen LogP contribution is -2.38. The fourth-order valence-electron chi connectivity index (χ4n) is 2.22. The minimum absolute atomic E-state index is 0.0265. The Morgan fingerprint density at radius 2 is 2.14 bits per heavy atom. The van der Waals surface area contributed by atoms with Crippen LogP contribution in [0.1, 0.15) is 25.7 Å². The molecule has 1 aliphatic rings. The van der Waals surface area contributed by atoms with Crippen molar-refractivity contribution in [3.63, 3.8) is 0 Å². The first kappa shape index (κ1) is 11.5. The van der Waals surface area contributed by atoms with E-state index in [0.29, 0.717) is 0 Å². The molecule has 3 nitrogen and oxygen atoms in total. The van der Waals surface area contributed by atoms with E-state index in [1.807, 2.05) is 7.05 Å². The summed E-state index contributed by atoms with van der Waals surface area (Å²) in [5.74, 6) is 0.871. The molecule has 0 aromatic rings. The number of likely N-dealkylation sites (N-methyl/N-ethyl adjacent to an activating group) is 2. The number of nitriles is 1. The fourth-order valence-corrected chi connectivity index (χ4v) is 2.22. The lowest BCUT2D eigenvalue weighted by molar-refractivity contribution is 0.266. The van der Waals surface area contributed by atoms with Crippen LogP contribution < -0.4 is 5.32 Å². The van der Waals surface area contributed by atoms with Gasteiger partial charge in [-0.1, -0.05) is 12.8 Å². The van der Waals surface area contributed by atoms with Gasteiger partial charge in [-0.05, 0) is 32.9 Å². The summed E-state index contributed by atoms with van der Waals surface area (Å²) in [4.78, 5) is 2.28. The average Bonchev–Trinajstić information content (AvgIpc) is 2.66. The molecule has 0 aliphatic heterocycles. The summed E-state index contributed by atoms with van der Waals surface area (Å²) >= 11 is 0. The Hall–Kier alpha value is -0.590. The zero-order valence-corrected chi connectivity index (χ0v) is 9.29. The molecule has 0 saturated heterocycles. The highest BCUT2D eigenvalue weighted by Crippen LogP contribution is 2.24. The minimum Gasteiger partial charge on any atom is -0.304 e. The van der Waals surface area contributed by atoms with Crippen molar-refractivity contribution >= 4 is 0 Å². The third-order valence-electron chi connectivity index (χ3n) is 3.04. The van der Waals surface area contributed by atoms with Gasteiger partial charge in [0, 0.05) is 13.1 Å². The Kier molecular flexibility index (Phi) is 4.92. The van der Waals surface area contributed by atoms with Gasteiger partial charge in [0.05, 0.1) is 6.07 Å². The molecule has 1 N–H and O–H groups in total. The van der Waals surface area contributed by atoms with E-state index in [9.17, 15) is 0 Å². The van der Waals surface area contributed by atoms with Crippen LogP contribution in [0, 0.1) is 17.2 Å². The van der Waals surface area contributed by atoms with Gasteiger partial charge >= 0.3 is 0 Å². The SMILES string of the molecule is CNC(C#N)CN(C)CC1CCCC1. The van der Waals surface area contributed by atoms with E-state index in [2.05, 4.69) is 23.3 Å². The first-order valence-electron chi connectivity index (χ1n) is 5.51. The molecular weight excluding hydrogens is 174 g/mol. The standard InChI is InChI=1S/C11H21N3/c1-13-11(7-12)9-14(2)8-10-5-3-4-6-10/h10-11,13H,3-6,8-9H2,1-2H3. The second-order valence-corrected chi connectivity index (χ2v) is 4.34. The highest BCUT2D eigenvalue weighted by atomic mass is 15.1. The molecule has 1 rings (SSSR count). The van der Waals surface area contributed by atoms with Gasteiger partial charge < -0.3 is 10.2 Å². The van der Waals surface area contributed by atoms with Crippen LogP contribution in [-0.2, 0) is 0 Å². The maximum Gasteiger partial charge on any atom is 0.108 e. The van der Waals surface area contributed by atoms with Crippen molar-refractivity contribution in [3.05, 3.63) is 0 Å². The zero-order chi connectivity index (χ0) is 10.4. The van der Waals surface area contributed by atoms with Crippen LogP contribution >= 0.6 is 0 Å². The summed E-state index contributed by atoms with van der Waals surface area (Å²) in [5, 5.41) is 11.8. The highest BCUT2D eigenvalue weighted by Gasteiger charge is 2.17. The summed E-state index contributed by atoms with van der Waals surface area (Å²) in [6.45, 7) is 1.99. The normalized spacial score (nSPS) is 19.9. The molecule has 0 amide bonds. The molecule has 0 aromatic carbocycles. The monoisotopic (exact) mass is 195 g/mol. The van der Waals surface area contributed by atoms with Crippen LogP contribution in [0.15, 0.2) is 0 Å². The van der Waals surface area contributed by atoms with E-state index < -0.39 is 0 Å². The molecule has 80 valence electrons. The van der Waals surface area contributed by atoms with Gasteiger partial charge in [0.2, 0.25) is 0 Å². The Balaban J connectivity index is 2.20. The van der Waals surface area contributed by atoms with Crippen LogP contribution in [0.5, 0.6) is 0 Å². The summed E-state index contributed by atoms with van der Waals surface area (Å²) in [6.07, 6.45) is 5.54. The van der Waals surface area contributed by atoms with Gasteiger partial charge in [0.25, 0.3) is 0 Å². The molecule has 3 heteroatoms. The van der Waals surface area contributed by atoms with E-state index in [0.717, 1.165) is 19.0 Å². The molecule has 0 aromatic heterocycles. The zero-order valence-electron chi connectivity index (χ0n) is 9.29.